The number of hydrogen-bond donors (Lipinski definition) is 2. The minimum absolute atomic E-state index is 0.307. The monoisotopic (exact) mass is 291 g/mol. The Kier molecular flexibility index (Phi) is 5.21. The van der Waals surface area contributed by atoms with Crippen molar-refractivity contribution in [3.8, 4) is 5.75 Å². The standard InChI is InChI=1S/C15H18ClN3O/c1-2-3-11-4-6-12(7-5-11)20-10-14-13(16)8-9-15(18-14)19-17/h4-9H,2-3,10,17H2,1H3,(H,18,19). The minimum Gasteiger partial charge on any atom is -0.487 e. The summed E-state index contributed by atoms with van der Waals surface area (Å²) in [5.41, 5.74) is 4.45. The van der Waals surface area contributed by atoms with E-state index in [1.165, 1.54) is 5.56 Å². The molecule has 5 heteroatoms. The van der Waals surface area contributed by atoms with Crippen molar-refractivity contribution in [2.24, 2.45) is 5.84 Å². The smallest absolute Gasteiger partial charge is 0.140 e. The lowest BCUT2D eigenvalue weighted by molar-refractivity contribution is 0.301. The van der Waals surface area contributed by atoms with Crippen LogP contribution in [0.1, 0.15) is 24.6 Å². The van der Waals surface area contributed by atoms with Crippen molar-refractivity contribution in [2.45, 2.75) is 26.4 Å². The second kappa shape index (κ2) is 7.12. The van der Waals surface area contributed by atoms with Crippen LogP contribution in [0.2, 0.25) is 5.02 Å². The van der Waals surface area contributed by atoms with E-state index >= 15 is 0 Å². The molecule has 2 rings (SSSR count). The number of nitrogens with one attached hydrogen (secondary N) is 1. The molecule has 1 aromatic carbocycles. The highest BCUT2D eigenvalue weighted by atomic mass is 35.5. The summed E-state index contributed by atoms with van der Waals surface area (Å²) in [7, 11) is 0. The number of pyridine rings is 1. The zero-order valence-corrected chi connectivity index (χ0v) is 12.2. The van der Waals surface area contributed by atoms with Crippen LogP contribution in [0.15, 0.2) is 36.4 Å². The first kappa shape index (κ1) is 14.6. The molecule has 4 nitrogen and oxygen atoms in total. The highest BCUT2D eigenvalue weighted by Gasteiger charge is 2.05. The van der Waals surface area contributed by atoms with Crippen molar-refractivity contribution in [1.29, 1.82) is 0 Å². The Morgan fingerprint density at radius 3 is 2.60 bits per heavy atom. The van der Waals surface area contributed by atoms with Gasteiger partial charge in [0.15, 0.2) is 0 Å². The van der Waals surface area contributed by atoms with Crippen LogP contribution in [0.3, 0.4) is 0 Å². The largest absolute Gasteiger partial charge is 0.487 e. The molecule has 3 N–H and O–H groups in total. The number of ether oxygens (including phenoxy) is 1. The van der Waals surface area contributed by atoms with Gasteiger partial charge in [-0.3, -0.25) is 0 Å². The van der Waals surface area contributed by atoms with Crippen molar-refractivity contribution in [1.82, 2.24) is 4.98 Å². The summed E-state index contributed by atoms with van der Waals surface area (Å²) >= 11 is 6.07. The summed E-state index contributed by atoms with van der Waals surface area (Å²) in [5.74, 6) is 6.69. The molecule has 0 unspecified atom stereocenters. The molecule has 0 atom stereocenters. The summed E-state index contributed by atoms with van der Waals surface area (Å²) in [6, 6.07) is 11.5. The molecule has 0 bridgehead atoms. The van der Waals surface area contributed by atoms with E-state index in [1.807, 2.05) is 12.1 Å². The quantitative estimate of drug-likeness (QED) is 0.631. The number of hydrazine groups is 1. The molecule has 0 saturated heterocycles. The van der Waals surface area contributed by atoms with Crippen molar-refractivity contribution >= 4 is 17.4 Å². The number of anilines is 1. The van der Waals surface area contributed by atoms with E-state index in [0.717, 1.165) is 18.6 Å². The molecule has 0 radical (unpaired) electrons. The Balaban J connectivity index is 2.01. The maximum absolute atomic E-state index is 6.07. The normalized spacial score (nSPS) is 10.3. The lowest BCUT2D eigenvalue weighted by Crippen LogP contribution is -2.10. The molecule has 1 heterocycles. The van der Waals surface area contributed by atoms with Gasteiger partial charge >= 0.3 is 0 Å². The average molecular weight is 292 g/mol. The second-order valence-corrected chi connectivity index (χ2v) is 4.86. The lowest BCUT2D eigenvalue weighted by Gasteiger charge is -2.09. The van der Waals surface area contributed by atoms with Crippen molar-refractivity contribution in [3.05, 3.63) is 52.7 Å². The average Bonchev–Trinajstić information content (AvgIpc) is 2.48. The third-order valence-corrected chi connectivity index (χ3v) is 3.25. The molecule has 2 aromatic rings. The molecule has 106 valence electrons. The molecule has 0 amide bonds. The number of nitrogen functional groups attached to an aromatic ring is 1. The number of benzene rings is 1. The number of nitrogens with zero attached hydrogens (tertiary/aromatic N) is 1. The molecular formula is C15H18ClN3O. The number of nitrogens with two attached hydrogens (primary N) is 1. The van der Waals surface area contributed by atoms with Gasteiger partial charge in [0.2, 0.25) is 0 Å². The van der Waals surface area contributed by atoms with Crippen LogP contribution in [0, 0.1) is 0 Å². The Bertz CT molecular complexity index is 558. The molecule has 0 aliphatic carbocycles. The Morgan fingerprint density at radius 2 is 1.95 bits per heavy atom. The van der Waals surface area contributed by atoms with Crippen molar-refractivity contribution in [2.75, 3.05) is 5.43 Å². The Hall–Kier alpha value is -1.78. The van der Waals surface area contributed by atoms with E-state index < -0.39 is 0 Å². The summed E-state index contributed by atoms with van der Waals surface area (Å²) in [6.07, 6.45) is 2.22. The maximum atomic E-state index is 6.07. The minimum atomic E-state index is 0.307. The fourth-order valence-corrected chi connectivity index (χ4v) is 2.02. The van der Waals surface area contributed by atoms with Gasteiger partial charge in [-0.1, -0.05) is 37.1 Å². The number of rotatable bonds is 6. The summed E-state index contributed by atoms with van der Waals surface area (Å²) < 4.78 is 5.69. The molecule has 0 saturated carbocycles. The van der Waals surface area contributed by atoms with Gasteiger partial charge in [-0.2, -0.15) is 0 Å². The van der Waals surface area contributed by atoms with E-state index in [-0.39, 0.29) is 0 Å². The number of hydrogen-bond acceptors (Lipinski definition) is 4. The summed E-state index contributed by atoms with van der Waals surface area (Å²) in [4.78, 5) is 4.26. The molecule has 0 aliphatic heterocycles. The number of aryl methyl sites for hydroxylation is 1. The third-order valence-electron chi connectivity index (χ3n) is 2.90. The van der Waals surface area contributed by atoms with Gasteiger partial charge in [0, 0.05) is 0 Å². The fourth-order valence-electron chi connectivity index (χ4n) is 1.86. The fraction of sp³-hybridized carbons (Fsp3) is 0.267. The van der Waals surface area contributed by atoms with E-state index in [4.69, 9.17) is 22.2 Å². The molecular weight excluding hydrogens is 274 g/mol. The van der Waals surface area contributed by atoms with Crippen LogP contribution in [0.4, 0.5) is 5.82 Å². The summed E-state index contributed by atoms with van der Waals surface area (Å²) in [6.45, 7) is 2.47. The highest BCUT2D eigenvalue weighted by Crippen LogP contribution is 2.19. The van der Waals surface area contributed by atoms with E-state index in [9.17, 15) is 0 Å². The van der Waals surface area contributed by atoms with Crippen LogP contribution >= 0.6 is 11.6 Å². The van der Waals surface area contributed by atoms with Crippen molar-refractivity contribution in [3.63, 3.8) is 0 Å². The van der Waals surface area contributed by atoms with Crippen molar-refractivity contribution < 1.29 is 4.74 Å². The first-order valence-electron chi connectivity index (χ1n) is 6.56. The van der Waals surface area contributed by atoms with Crippen LogP contribution in [-0.2, 0) is 13.0 Å². The first-order valence-corrected chi connectivity index (χ1v) is 6.94. The maximum Gasteiger partial charge on any atom is 0.140 e. The zero-order valence-electron chi connectivity index (χ0n) is 11.4. The molecule has 0 spiro atoms. The highest BCUT2D eigenvalue weighted by molar-refractivity contribution is 6.31. The second-order valence-electron chi connectivity index (χ2n) is 4.45. The SMILES string of the molecule is CCCc1ccc(OCc2nc(NN)ccc2Cl)cc1. The Morgan fingerprint density at radius 1 is 1.20 bits per heavy atom. The van der Waals surface area contributed by atoms with Crippen LogP contribution in [0.25, 0.3) is 0 Å². The predicted molar refractivity (Wildman–Crippen MR) is 81.8 cm³/mol. The predicted octanol–water partition coefficient (Wildman–Crippen LogP) is 3.55. The first-order chi connectivity index (χ1) is 9.72. The topological polar surface area (TPSA) is 60.2 Å². The molecule has 0 aliphatic rings. The van der Waals surface area contributed by atoms with Gasteiger partial charge in [0.05, 0.1) is 10.7 Å². The van der Waals surface area contributed by atoms with Gasteiger partial charge in [-0.25, -0.2) is 10.8 Å². The van der Waals surface area contributed by atoms with E-state index in [2.05, 4.69) is 29.5 Å². The Labute approximate surface area is 123 Å². The third kappa shape index (κ3) is 3.85. The van der Waals surface area contributed by atoms with E-state index in [1.54, 1.807) is 12.1 Å². The van der Waals surface area contributed by atoms with Gasteiger partial charge in [0.25, 0.3) is 0 Å². The molecule has 0 fully saturated rings. The van der Waals surface area contributed by atoms with Gasteiger partial charge < -0.3 is 10.2 Å². The van der Waals surface area contributed by atoms with Crippen LogP contribution in [-0.4, -0.2) is 4.98 Å². The van der Waals surface area contributed by atoms with Crippen LogP contribution < -0.4 is 16.0 Å². The molecule has 1 aromatic heterocycles. The number of aromatic nitrogens is 1. The van der Waals surface area contributed by atoms with Crippen LogP contribution in [0.5, 0.6) is 5.75 Å². The number of halogens is 1. The van der Waals surface area contributed by atoms with Gasteiger partial charge in [0.1, 0.15) is 18.2 Å². The van der Waals surface area contributed by atoms with E-state index in [0.29, 0.717) is 23.1 Å². The molecule has 20 heavy (non-hydrogen) atoms. The van der Waals surface area contributed by atoms with Gasteiger partial charge in [-0.05, 0) is 36.2 Å². The zero-order chi connectivity index (χ0) is 14.4. The lowest BCUT2D eigenvalue weighted by atomic mass is 10.1. The summed E-state index contributed by atoms with van der Waals surface area (Å²) in [5, 5.41) is 0.562. The van der Waals surface area contributed by atoms with Gasteiger partial charge in [-0.15, -0.1) is 0 Å².